The van der Waals surface area contributed by atoms with Gasteiger partial charge in [-0.15, -0.1) is 12.4 Å². The van der Waals surface area contributed by atoms with Gasteiger partial charge in [-0.05, 0) is 44.2 Å². The molecule has 22 heavy (non-hydrogen) atoms. The normalized spacial score (nSPS) is 17.7. The van der Waals surface area contributed by atoms with Crippen molar-refractivity contribution in [3.63, 3.8) is 0 Å². The fourth-order valence-electron chi connectivity index (χ4n) is 2.84. The van der Waals surface area contributed by atoms with Crippen molar-refractivity contribution >= 4 is 18.3 Å². The molecule has 1 fully saturated rings. The molecule has 0 saturated carbocycles. The van der Waals surface area contributed by atoms with Gasteiger partial charge in [0.25, 0.3) is 0 Å². The Morgan fingerprint density at radius 1 is 1.36 bits per heavy atom. The summed E-state index contributed by atoms with van der Waals surface area (Å²) in [4.78, 5) is 14.2. The number of nitrogens with two attached hydrogens (primary N) is 1. The SMILES string of the molecule is Cc1ccccc1OCCCC(=O)N1CCCCC1CN.Cl. The summed E-state index contributed by atoms with van der Waals surface area (Å²) >= 11 is 0. The van der Waals surface area contributed by atoms with Crippen LogP contribution >= 0.6 is 12.4 Å². The lowest BCUT2D eigenvalue weighted by molar-refractivity contribution is -0.134. The average Bonchev–Trinajstić information content (AvgIpc) is 2.52. The number of para-hydroxylation sites is 1. The van der Waals surface area contributed by atoms with Crippen LogP contribution in [0.1, 0.15) is 37.7 Å². The van der Waals surface area contributed by atoms with Crippen molar-refractivity contribution in [1.82, 2.24) is 4.90 Å². The summed E-state index contributed by atoms with van der Waals surface area (Å²) < 4.78 is 5.73. The number of carbonyl (C=O) groups is 1. The lowest BCUT2D eigenvalue weighted by atomic mass is 10.0. The van der Waals surface area contributed by atoms with Crippen LogP contribution in [-0.2, 0) is 4.79 Å². The topological polar surface area (TPSA) is 55.6 Å². The van der Waals surface area contributed by atoms with E-state index in [0.29, 0.717) is 19.6 Å². The molecule has 1 aromatic rings. The number of aryl methyl sites for hydroxylation is 1. The van der Waals surface area contributed by atoms with Crippen LogP contribution in [0, 0.1) is 6.92 Å². The highest BCUT2D eigenvalue weighted by Gasteiger charge is 2.24. The summed E-state index contributed by atoms with van der Waals surface area (Å²) in [7, 11) is 0. The van der Waals surface area contributed by atoms with Crippen LogP contribution in [0.2, 0.25) is 0 Å². The van der Waals surface area contributed by atoms with E-state index in [1.165, 1.54) is 6.42 Å². The van der Waals surface area contributed by atoms with E-state index in [4.69, 9.17) is 10.5 Å². The Morgan fingerprint density at radius 3 is 2.86 bits per heavy atom. The van der Waals surface area contributed by atoms with Gasteiger partial charge in [0, 0.05) is 25.6 Å². The number of carbonyl (C=O) groups excluding carboxylic acids is 1. The van der Waals surface area contributed by atoms with Crippen molar-refractivity contribution in [2.24, 2.45) is 5.73 Å². The van der Waals surface area contributed by atoms with Crippen LogP contribution < -0.4 is 10.5 Å². The number of hydrogen-bond donors (Lipinski definition) is 1. The molecule has 2 rings (SSSR count). The fourth-order valence-corrected chi connectivity index (χ4v) is 2.84. The molecule has 1 saturated heterocycles. The maximum Gasteiger partial charge on any atom is 0.222 e. The van der Waals surface area contributed by atoms with Gasteiger partial charge in [-0.3, -0.25) is 4.79 Å². The molecule has 1 heterocycles. The van der Waals surface area contributed by atoms with Crippen molar-refractivity contribution in [1.29, 1.82) is 0 Å². The maximum atomic E-state index is 12.3. The molecule has 0 spiro atoms. The largest absolute Gasteiger partial charge is 0.493 e. The van der Waals surface area contributed by atoms with Gasteiger partial charge in [0.1, 0.15) is 5.75 Å². The van der Waals surface area contributed by atoms with E-state index in [2.05, 4.69) is 0 Å². The maximum absolute atomic E-state index is 12.3. The first kappa shape index (κ1) is 18.8. The van der Waals surface area contributed by atoms with Gasteiger partial charge >= 0.3 is 0 Å². The van der Waals surface area contributed by atoms with Crippen LogP contribution in [-0.4, -0.2) is 36.5 Å². The third-order valence-electron chi connectivity index (χ3n) is 4.11. The van der Waals surface area contributed by atoms with Gasteiger partial charge in [-0.2, -0.15) is 0 Å². The number of nitrogens with zero attached hydrogens (tertiary/aromatic N) is 1. The van der Waals surface area contributed by atoms with Crippen molar-refractivity contribution in [3.8, 4) is 5.75 Å². The zero-order valence-electron chi connectivity index (χ0n) is 13.3. The van der Waals surface area contributed by atoms with Crippen molar-refractivity contribution in [2.45, 2.75) is 45.1 Å². The Balaban J connectivity index is 0.00000242. The van der Waals surface area contributed by atoms with Crippen LogP contribution in [0.5, 0.6) is 5.75 Å². The molecule has 1 aromatic carbocycles. The van der Waals surface area contributed by atoms with Crippen molar-refractivity contribution < 1.29 is 9.53 Å². The van der Waals surface area contributed by atoms with E-state index in [-0.39, 0.29) is 24.4 Å². The highest BCUT2D eigenvalue weighted by molar-refractivity contribution is 5.85. The van der Waals surface area contributed by atoms with Gasteiger partial charge in [0.05, 0.1) is 6.61 Å². The van der Waals surface area contributed by atoms with Gasteiger partial charge in [-0.1, -0.05) is 18.2 Å². The third-order valence-corrected chi connectivity index (χ3v) is 4.11. The second-order valence-corrected chi connectivity index (χ2v) is 5.69. The first-order valence-electron chi connectivity index (χ1n) is 7.90. The second kappa shape index (κ2) is 9.70. The summed E-state index contributed by atoms with van der Waals surface area (Å²) in [6.45, 7) is 4.04. The molecular formula is C17H27ClN2O2. The van der Waals surface area contributed by atoms with E-state index in [1.54, 1.807) is 0 Å². The first-order chi connectivity index (χ1) is 10.2. The molecule has 1 aliphatic rings. The number of halogens is 1. The number of piperidine rings is 1. The molecule has 0 aliphatic carbocycles. The number of hydrogen-bond acceptors (Lipinski definition) is 3. The van der Waals surface area contributed by atoms with Crippen molar-refractivity contribution in [2.75, 3.05) is 19.7 Å². The molecular weight excluding hydrogens is 300 g/mol. The third kappa shape index (κ3) is 5.18. The summed E-state index contributed by atoms with van der Waals surface area (Å²) in [5.74, 6) is 1.13. The second-order valence-electron chi connectivity index (χ2n) is 5.69. The fraction of sp³-hybridized carbons (Fsp3) is 0.588. The van der Waals surface area contributed by atoms with E-state index in [1.807, 2.05) is 36.1 Å². The number of amides is 1. The highest BCUT2D eigenvalue weighted by Crippen LogP contribution is 2.19. The number of benzene rings is 1. The minimum absolute atomic E-state index is 0. The predicted octanol–water partition coefficient (Wildman–Crippen LogP) is 2.92. The van der Waals surface area contributed by atoms with Crippen LogP contribution in [0.3, 0.4) is 0 Å². The Hall–Kier alpha value is -1.26. The quantitative estimate of drug-likeness (QED) is 0.818. The molecule has 1 aliphatic heterocycles. The minimum Gasteiger partial charge on any atom is -0.493 e. The Kier molecular flexibility index (Phi) is 8.28. The minimum atomic E-state index is 0. The van der Waals surface area contributed by atoms with E-state index in [0.717, 1.165) is 37.1 Å². The monoisotopic (exact) mass is 326 g/mol. The standard InChI is InChI=1S/C17H26N2O2.ClH/c1-14-7-2-3-9-16(14)21-12-6-10-17(20)19-11-5-4-8-15(19)13-18;/h2-3,7,9,15H,4-6,8,10-13,18H2,1H3;1H. The van der Waals surface area contributed by atoms with Gasteiger partial charge < -0.3 is 15.4 Å². The van der Waals surface area contributed by atoms with Gasteiger partial charge in [-0.25, -0.2) is 0 Å². The summed E-state index contributed by atoms with van der Waals surface area (Å²) in [5, 5.41) is 0. The molecule has 1 amide bonds. The van der Waals surface area contributed by atoms with Crippen molar-refractivity contribution in [3.05, 3.63) is 29.8 Å². The zero-order valence-corrected chi connectivity index (χ0v) is 14.1. The predicted molar refractivity (Wildman–Crippen MR) is 91.6 cm³/mol. The molecule has 0 radical (unpaired) electrons. The number of ether oxygens (including phenoxy) is 1. The lowest BCUT2D eigenvalue weighted by Gasteiger charge is -2.35. The van der Waals surface area contributed by atoms with Gasteiger partial charge in [0.2, 0.25) is 5.91 Å². The Bertz CT molecular complexity index is 468. The van der Waals surface area contributed by atoms with Gasteiger partial charge in [0.15, 0.2) is 0 Å². The molecule has 0 aromatic heterocycles. The molecule has 5 heteroatoms. The molecule has 124 valence electrons. The Labute approximate surface area is 139 Å². The molecule has 2 N–H and O–H groups in total. The number of likely N-dealkylation sites (tertiary alicyclic amines) is 1. The lowest BCUT2D eigenvalue weighted by Crippen LogP contribution is -2.47. The smallest absolute Gasteiger partial charge is 0.222 e. The number of rotatable bonds is 6. The molecule has 0 bridgehead atoms. The first-order valence-corrected chi connectivity index (χ1v) is 7.90. The van der Waals surface area contributed by atoms with Crippen LogP contribution in [0.25, 0.3) is 0 Å². The summed E-state index contributed by atoms with van der Waals surface area (Å²) in [5.41, 5.74) is 6.89. The van der Waals surface area contributed by atoms with E-state index >= 15 is 0 Å². The van der Waals surface area contributed by atoms with Crippen LogP contribution in [0.15, 0.2) is 24.3 Å². The molecule has 4 nitrogen and oxygen atoms in total. The summed E-state index contributed by atoms with van der Waals surface area (Å²) in [6.07, 6.45) is 4.62. The average molecular weight is 327 g/mol. The Morgan fingerprint density at radius 2 is 2.14 bits per heavy atom. The highest BCUT2D eigenvalue weighted by atomic mass is 35.5. The summed E-state index contributed by atoms with van der Waals surface area (Å²) in [6, 6.07) is 8.19. The van der Waals surface area contributed by atoms with E-state index in [9.17, 15) is 4.79 Å². The molecule has 1 unspecified atom stereocenters. The molecule has 1 atom stereocenters. The van der Waals surface area contributed by atoms with E-state index < -0.39 is 0 Å². The zero-order chi connectivity index (χ0) is 15.1. The van der Waals surface area contributed by atoms with Crippen LogP contribution in [0.4, 0.5) is 0 Å².